The molecule has 0 aliphatic heterocycles. The summed E-state index contributed by atoms with van der Waals surface area (Å²) in [5.74, 6) is 0.652. The Bertz CT molecular complexity index is 1140. The Morgan fingerprint density at radius 1 is 0.920 bits per heavy atom. The fourth-order valence-corrected chi connectivity index (χ4v) is 3.37. The van der Waals surface area contributed by atoms with E-state index in [1.165, 1.54) is 5.56 Å². The first-order valence-corrected chi connectivity index (χ1v) is 8.12. The Balaban J connectivity index is 1.75. The lowest BCUT2D eigenvalue weighted by molar-refractivity contribution is 0.104. The van der Waals surface area contributed by atoms with Crippen molar-refractivity contribution in [2.24, 2.45) is 0 Å². The van der Waals surface area contributed by atoms with E-state index in [-0.39, 0.29) is 5.78 Å². The molecular weight excluding hydrogens is 312 g/mol. The van der Waals surface area contributed by atoms with Gasteiger partial charge in [-0.3, -0.25) is 4.79 Å². The number of carbonyl (C=O) groups is 1. The number of hydrogen-bond donors (Lipinski definition) is 1. The lowest BCUT2D eigenvalue weighted by Gasteiger charge is -2.17. The molecule has 0 unspecified atom stereocenters. The molecule has 1 heterocycles. The number of anilines is 2. The second-order valence-electron chi connectivity index (χ2n) is 6.26. The maximum Gasteiger partial charge on any atom is 0.196 e. The Morgan fingerprint density at radius 2 is 1.68 bits per heavy atom. The molecule has 0 spiro atoms. The molecule has 0 fully saturated rings. The van der Waals surface area contributed by atoms with E-state index in [2.05, 4.69) is 10.5 Å². The molecule has 0 atom stereocenters. The molecule has 4 nitrogen and oxygen atoms in total. The Hall–Kier alpha value is -3.40. The number of nitrogens with one attached hydrogen (secondary N) is 1. The summed E-state index contributed by atoms with van der Waals surface area (Å²) in [6, 6.07) is 19.3. The Labute approximate surface area is 144 Å². The van der Waals surface area contributed by atoms with Crippen molar-refractivity contribution < 1.29 is 9.32 Å². The lowest BCUT2D eigenvalue weighted by atomic mass is 9.87. The average Bonchev–Trinajstić information content (AvgIpc) is 3.07. The molecule has 1 aliphatic carbocycles. The quantitative estimate of drug-likeness (QED) is 0.491. The largest absolute Gasteiger partial charge is 0.355 e. The average molecular weight is 326 g/mol. The van der Waals surface area contributed by atoms with Crippen molar-refractivity contribution in [3.63, 3.8) is 0 Å². The summed E-state index contributed by atoms with van der Waals surface area (Å²) in [7, 11) is 0. The van der Waals surface area contributed by atoms with Crippen LogP contribution < -0.4 is 5.32 Å². The second kappa shape index (κ2) is 5.05. The van der Waals surface area contributed by atoms with Crippen LogP contribution in [0.4, 0.5) is 11.4 Å². The summed E-state index contributed by atoms with van der Waals surface area (Å²) in [6.07, 6.45) is 0. The number of aromatic nitrogens is 1. The molecule has 25 heavy (non-hydrogen) atoms. The van der Waals surface area contributed by atoms with Gasteiger partial charge in [0.1, 0.15) is 5.52 Å². The van der Waals surface area contributed by atoms with E-state index in [1.807, 2.05) is 67.6 Å². The highest BCUT2D eigenvalue weighted by Gasteiger charge is 2.31. The van der Waals surface area contributed by atoms with E-state index in [1.54, 1.807) is 0 Å². The number of aryl methyl sites for hydroxylation is 1. The van der Waals surface area contributed by atoms with Crippen LogP contribution in [-0.2, 0) is 0 Å². The van der Waals surface area contributed by atoms with Crippen molar-refractivity contribution in [3.05, 3.63) is 77.4 Å². The predicted molar refractivity (Wildman–Crippen MR) is 97.3 cm³/mol. The molecular formula is C21H14N2O2. The molecule has 120 valence electrons. The first-order valence-electron chi connectivity index (χ1n) is 8.12. The minimum atomic E-state index is -0.00786. The number of rotatable bonds is 2. The van der Waals surface area contributed by atoms with Crippen LogP contribution in [0.2, 0.25) is 0 Å². The van der Waals surface area contributed by atoms with Crippen LogP contribution in [-0.4, -0.2) is 10.9 Å². The van der Waals surface area contributed by atoms with Gasteiger partial charge in [-0.05, 0) is 31.2 Å². The third-order valence-electron chi connectivity index (χ3n) is 4.62. The van der Waals surface area contributed by atoms with Gasteiger partial charge in [0.15, 0.2) is 11.5 Å². The van der Waals surface area contributed by atoms with Crippen LogP contribution in [0.5, 0.6) is 0 Å². The van der Waals surface area contributed by atoms with Crippen molar-refractivity contribution in [1.82, 2.24) is 5.16 Å². The number of benzene rings is 3. The number of fused-ring (bicyclic) bond motifs is 2. The zero-order chi connectivity index (χ0) is 17.0. The molecule has 0 bridgehead atoms. The summed E-state index contributed by atoms with van der Waals surface area (Å²) in [5.41, 5.74) is 5.65. The van der Waals surface area contributed by atoms with Gasteiger partial charge in [0, 0.05) is 16.8 Å². The monoisotopic (exact) mass is 326 g/mol. The van der Waals surface area contributed by atoms with Gasteiger partial charge >= 0.3 is 0 Å². The lowest BCUT2D eigenvalue weighted by Crippen LogP contribution is -2.11. The third-order valence-corrected chi connectivity index (χ3v) is 4.62. The van der Waals surface area contributed by atoms with Gasteiger partial charge in [-0.25, -0.2) is 0 Å². The van der Waals surface area contributed by atoms with E-state index < -0.39 is 0 Å². The van der Waals surface area contributed by atoms with E-state index in [4.69, 9.17) is 4.52 Å². The summed E-state index contributed by atoms with van der Waals surface area (Å²) >= 11 is 0. The topological polar surface area (TPSA) is 55.1 Å². The Kier molecular flexibility index (Phi) is 2.82. The zero-order valence-corrected chi connectivity index (χ0v) is 13.5. The fraction of sp³-hybridized carbons (Fsp3) is 0.0476. The van der Waals surface area contributed by atoms with Gasteiger partial charge in [0.2, 0.25) is 0 Å². The van der Waals surface area contributed by atoms with E-state index in [0.717, 1.165) is 22.3 Å². The molecule has 3 aromatic carbocycles. The van der Waals surface area contributed by atoms with Crippen LogP contribution in [0.25, 0.3) is 22.2 Å². The molecule has 5 rings (SSSR count). The van der Waals surface area contributed by atoms with Gasteiger partial charge < -0.3 is 9.84 Å². The second-order valence-corrected chi connectivity index (χ2v) is 6.26. The molecule has 0 saturated carbocycles. The van der Waals surface area contributed by atoms with Gasteiger partial charge in [-0.15, -0.1) is 0 Å². The molecule has 0 amide bonds. The minimum Gasteiger partial charge on any atom is -0.355 e. The molecule has 0 saturated heterocycles. The normalized spacial score (nSPS) is 12.3. The molecule has 1 aliphatic rings. The van der Waals surface area contributed by atoms with Crippen molar-refractivity contribution in [3.8, 4) is 11.3 Å². The van der Waals surface area contributed by atoms with Crippen LogP contribution >= 0.6 is 0 Å². The van der Waals surface area contributed by atoms with Crippen LogP contribution in [0.15, 0.2) is 65.2 Å². The number of nitrogens with zero attached hydrogens (tertiary/aromatic N) is 1. The van der Waals surface area contributed by atoms with E-state index >= 15 is 0 Å². The first-order chi connectivity index (χ1) is 12.2. The van der Waals surface area contributed by atoms with Crippen molar-refractivity contribution in [2.75, 3.05) is 5.32 Å². The first kappa shape index (κ1) is 14.0. The third kappa shape index (κ3) is 2.01. The van der Waals surface area contributed by atoms with Crippen LogP contribution in [0, 0.1) is 6.92 Å². The summed E-state index contributed by atoms with van der Waals surface area (Å²) < 4.78 is 5.56. The highest BCUT2D eigenvalue weighted by atomic mass is 16.5. The van der Waals surface area contributed by atoms with Gasteiger partial charge in [-0.1, -0.05) is 47.1 Å². The molecule has 4 heteroatoms. The zero-order valence-electron chi connectivity index (χ0n) is 13.5. The van der Waals surface area contributed by atoms with E-state index in [9.17, 15) is 4.79 Å². The van der Waals surface area contributed by atoms with Crippen LogP contribution in [0.3, 0.4) is 0 Å². The van der Waals surface area contributed by atoms with Crippen molar-refractivity contribution in [1.29, 1.82) is 0 Å². The van der Waals surface area contributed by atoms with Crippen LogP contribution in [0.1, 0.15) is 21.5 Å². The van der Waals surface area contributed by atoms with Gasteiger partial charge in [0.05, 0.1) is 16.6 Å². The van der Waals surface area contributed by atoms with Crippen molar-refractivity contribution >= 4 is 28.1 Å². The number of ketones is 1. The maximum absolute atomic E-state index is 13.1. The maximum atomic E-state index is 13.1. The smallest absolute Gasteiger partial charge is 0.196 e. The highest BCUT2D eigenvalue weighted by Crippen LogP contribution is 2.42. The van der Waals surface area contributed by atoms with Gasteiger partial charge in [0.25, 0.3) is 0 Å². The summed E-state index contributed by atoms with van der Waals surface area (Å²) in [4.78, 5) is 13.1. The molecule has 1 N–H and O–H groups in total. The SMILES string of the molecule is Cc1ccc(Nc2ccc3noc4c3c2C(=O)c2ccccc2-4)cc1. The van der Waals surface area contributed by atoms with E-state index in [0.29, 0.717) is 22.4 Å². The molecule has 4 aromatic rings. The Morgan fingerprint density at radius 3 is 2.48 bits per heavy atom. The fourth-order valence-electron chi connectivity index (χ4n) is 3.37. The standard InChI is InChI=1S/C21H14N2O2/c1-12-6-8-13(9-7-12)22-16-10-11-17-19-18(16)20(24)14-4-2-3-5-15(14)21(19)25-23-17/h2-11,22H,1H3. The van der Waals surface area contributed by atoms with Gasteiger partial charge in [-0.2, -0.15) is 0 Å². The van der Waals surface area contributed by atoms with Crippen molar-refractivity contribution in [2.45, 2.75) is 6.92 Å². The highest BCUT2D eigenvalue weighted by molar-refractivity contribution is 6.27. The molecule has 1 aromatic heterocycles. The number of hydrogen-bond acceptors (Lipinski definition) is 4. The minimum absolute atomic E-state index is 0.00786. The predicted octanol–water partition coefficient (Wildman–Crippen LogP) is 5.09. The summed E-state index contributed by atoms with van der Waals surface area (Å²) in [6.45, 7) is 2.05. The molecule has 0 radical (unpaired) electrons. The summed E-state index contributed by atoms with van der Waals surface area (Å²) in [5, 5.41) is 8.27. The number of carbonyl (C=O) groups excluding carboxylic acids is 1.